The summed E-state index contributed by atoms with van der Waals surface area (Å²) in [5.74, 6) is -0.111. The fourth-order valence-corrected chi connectivity index (χ4v) is 4.13. The van der Waals surface area contributed by atoms with Crippen molar-refractivity contribution in [2.75, 3.05) is 16.8 Å². The number of rotatable bonds is 5. The lowest BCUT2D eigenvalue weighted by molar-refractivity contribution is -0.118. The molecule has 24 heavy (non-hydrogen) atoms. The highest BCUT2D eigenvalue weighted by Crippen LogP contribution is 2.11. The highest BCUT2D eigenvalue weighted by molar-refractivity contribution is 7.91. The molecule has 9 heteroatoms. The van der Waals surface area contributed by atoms with E-state index in [-0.39, 0.29) is 23.3 Å². The Morgan fingerprint density at radius 2 is 2.04 bits per heavy atom. The first-order valence-corrected chi connectivity index (χ1v) is 9.58. The maximum absolute atomic E-state index is 12.3. The summed E-state index contributed by atoms with van der Waals surface area (Å²) in [6.45, 7) is 3.62. The van der Waals surface area contributed by atoms with E-state index in [1.807, 2.05) is 13.8 Å². The second-order valence-electron chi connectivity index (χ2n) is 6.14. The van der Waals surface area contributed by atoms with Crippen LogP contribution < -0.4 is 16.0 Å². The van der Waals surface area contributed by atoms with Gasteiger partial charge in [-0.05, 0) is 24.5 Å². The van der Waals surface area contributed by atoms with Crippen LogP contribution in [0.2, 0.25) is 0 Å². The number of carbonyl (C=O) groups is 2. The smallest absolute Gasteiger partial charge is 0.315 e. The van der Waals surface area contributed by atoms with Crippen molar-refractivity contribution in [2.24, 2.45) is 5.92 Å². The molecule has 3 amide bonds. The molecule has 1 aromatic rings. The molecule has 1 fully saturated rings. The van der Waals surface area contributed by atoms with Gasteiger partial charge in [0.25, 0.3) is 0 Å². The molecule has 3 N–H and O–H groups in total. The average Bonchev–Trinajstić information content (AvgIpc) is 2.84. The van der Waals surface area contributed by atoms with Crippen molar-refractivity contribution < 1.29 is 18.0 Å². The van der Waals surface area contributed by atoms with Gasteiger partial charge in [0.05, 0.1) is 11.5 Å². The summed E-state index contributed by atoms with van der Waals surface area (Å²) >= 11 is 0. The SMILES string of the molecule is CC(C)C(NC(=O)NC1CCS(=O)(=O)C1)C(=O)Nc1ccccn1. The van der Waals surface area contributed by atoms with Crippen molar-refractivity contribution in [1.82, 2.24) is 15.6 Å². The lowest BCUT2D eigenvalue weighted by Gasteiger charge is -2.22. The van der Waals surface area contributed by atoms with E-state index in [2.05, 4.69) is 20.9 Å². The first-order valence-electron chi connectivity index (χ1n) is 7.76. The fourth-order valence-electron chi connectivity index (χ4n) is 2.45. The van der Waals surface area contributed by atoms with Crippen LogP contribution in [-0.4, -0.2) is 48.9 Å². The number of sulfone groups is 1. The number of aromatic nitrogens is 1. The molecule has 0 saturated carbocycles. The summed E-state index contributed by atoms with van der Waals surface area (Å²) in [4.78, 5) is 28.4. The van der Waals surface area contributed by atoms with Crippen LogP contribution in [0.15, 0.2) is 24.4 Å². The van der Waals surface area contributed by atoms with Gasteiger partial charge < -0.3 is 16.0 Å². The Labute approximate surface area is 141 Å². The summed E-state index contributed by atoms with van der Waals surface area (Å²) in [5, 5.41) is 7.87. The number of carbonyl (C=O) groups excluding carboxylic acids is 2. The van der Waals surface area contributed by atoms with E-state index in [0.29, 0.717) is 12.2 Å². The van der Waals surface area contributed by atoms with Gasteiger partial charge in [0, 0.05) is 12.2 Å². The van der Waals surface area contributed by atoms with Crippen LogP contribution >= 0.6 is 0 Å². The Balaban J connectivity index is 1.93. The molecule has 2 unspecified atom stereocenters. The van der Waals surface area contributed by atoms with Gasteiger partial charge in [-0.15, -0.1) is 0 Å². The molecule has 0 bridgehead atoms. The van der Waals surface area contributed by atoms with Gasteiger partial charge in [0.2, 0.25) is 5.91 Å². The predicted octanol–water partition coefficient (Wildman–Crippen LogP) is 0.531. The summed E-state index contributed by atoms with van der Waals surface area (Å²) in [5.41, 5.74) is 0. The fraction of sp³-hybridized carbons (Fsp3) is 0.533. The molecule has 0 aliphatic carbocycles. The van der Waals surface area contributed by atoms with Crippen LogP contribution in [0.3, 0.4) is 0 Å². The van der Waals surface area contributed by atoms with Gasteiger partial charge >= 0.3 is 6.03 Å². The molecule has 1 saturated heterocycles. The monoisotopic (exact) mass is 354 g/mol. The van der Waals surface area contributed by atoms with E-state index in [1.54, 1.807) is 24.4 Å². The third-order valence-corrected chi connectivity index (χ3v) is 5.49. The Hall–Kier alpha value is -2.16. The zero-order chi connectivity index (χ0) is 17.7. The maximum Gasteiger partial charge on any atom is 0.315 e. The number of hydrogen-bond donors (Lipinski definition) is 3. The number of nitrogens with zero attached hydrogens (tertiary/aromatic N) is 1. The van der Waals surface area contributed by atoms with Crippen LogP contribution in [0, 0.1) is 5.92 Å². The maximum atomic E-state index is 12.3. The van der Waals surface area contributed by atoms with Crippen LogP contribution in [0.4, 0.5) is 10.6 Å². The molecule has 132 valence electrons. The van der Waals surface area contributed by atoms with Gasteiger partial charge in [0.15, 0.2) is 9.84 Å². The molecule has 2 atom stereocenters. The first-order chi connectivity index (χ1) is 11.3. The normalized spacial score (nSPS) is 20.4. The number of hydrogen-bond acceptors (Lipinski definition) is 5. The molecule has 0 aromatic carbocycles. The number of anilines is 1. The Kier molecular flexibility index (Phi) is 5.76. The van der Waals surface area contributed by atoms with E-state index in [1.165, 1.54) is 0 Å². The summed E-state index contributed by atoms with van der Waals surface area (Å²) in [6, 6.07) is 3.40. The molecular formula is C15H22N4O4S. The lowest BCUT2D eigenvalue weighted by Crippen LogP contribution is -2.52. The molecule has 8 nitrogen and oxygen atoms in total. The standard InChI is InChI=1S/C15H22N4O4S/c1-10(2)13(14(20)18-12-5-3-4-7-16-12)19-15(21)17-11-6-8-24(22,23)9-11/h3-5,7,10-11,13H,6,8-9H2,1-2H3,(H,16,18,20)(H2,17,19,21). The second-order valence-corrected chi connectivity index (χ2v) is 8.37. The number of urea groups is 1. The third-order valence-electron chi connectivity index (χ3n) is 3.72. The minimum absolute atomic E-state index is 0.0626. The van der Waals surface area contributed by atoms with Gasteiger partial charge in [0.1, 0.15) is 11.9 Å². The summed E-state index contributed by atoms with van der Waals surface area (Å²) in [7, 11) is -3.07. The zero-order valence-corrected chi connectivity index (χ0v) is 14.5. The van der Waals surface area contributed by atoms with Crippen LogP contribution in [0.1, 0.15) is 20.3 Å². The van der Waals surface area contributed by atoms with Crippen molar-refractivity contribution in [3.63, 3.8) is 0 Å². The first kappa shape index (κ1) is 18.2. The second kappa shape index (κ2) is 7.61. The molecular weight excluding hydrogens is 332 g/mol. The highest BCUT2D eigenvalue weighted by atomic mass is 32.2. The van der Waals surface area contributed by atoms with E-state index in [9.17, 15) is 18.0 Å². The van der Waals surface area contributed by atoms with Crippen LogP contribution in [-0.2, 0) is 14.6 Å². The number of amides is 3. The Morgan fingerprint density at radius 1 is 1.29 bits per heavy atom. The van der Waals surface area contributed by atoms with Crippen molar-refractivity contribution in [3.8, 4) is 0 Å². The van der Waals surface area contributed by atoms with Gasteiger partial charge in [-0.25, -0.2) is 18.2 Å². The average molecular weight is 354 g/mol. The minimum Gasteiger partial charge on any atom is -0.334 e. The van der Waals surface area contributed by atoms with Gasteiger partial charge in [-0.1, -0.05) is 19.9 Å². The lowest BCUT2D eigenvalue weighted by atomic mass is 10.0. The van der Waals surface area contributed by atoms with Crippen molar-refractivity contribution in [2.45, 2.75) is 32.4 Å². The topological polar surface area (TPSA) is 117 Å². The van der Waals surface area contributed by atoms with E-state index in [4.69, 9.17) is 0 Å². The van der Waals surface area contributed by atoms with Crippen molar-refractivity contribution in [3.05, 3.63) is 24.4 Å². The summed E-state index contributed by atoms with van der Waals surface area (Å²) < 4.78 is 22.8. The van der Waals surface area contributed by atoms with Gasteiger partial charge in [-0.2, -0.15) is 0 Å². The number of pyridine rings is 1. The minimum atomic E-state index is -3.07. The third kappa shape index (κ3) is 5.19. The molecule has 1 aliphatic heterocycles. The Bertz CT molecular complexity index is 691. The highest BCUT2D eigenvalue weighted by Gasteiger charge is 2.30. The predicted molar refractivity (Wildman–Crippen MR) is 90.2 cm³/mol. The van der Waals surface area contributed by atoms with E-state index < -0.39 is 28.0 Å². The molecule has 1 aromatic heterocycles. The van der Waals surface area contributed by atoms with Crippen LogP contribution in [0.5, 0.6) is 0 Å². The van der Waals surface area contributed by atoms with Crippen molar-refractivity contribution >= 4 is 27.6 Å². The quantitative estimate of drug-likeness (QED) is 0.713. The Morgan fingerprint density at radius 3 is 2.58 bits per heavy atom. The molecule has 2 rings (SSSR count). The van der Waals surface area contributed by atoms with E-state index >= 15 is 0 Å². The zero-order valence-electron chi connectivity index (χ0n) is 13.7. The van der Waals surface area contributed by atoms with Crippen molar-refractivity contribution in [1.29, 1.82) is 0 Å². The molecule has 1 aliphatic rings. The van der Waals surface area contributed by atoms with Gasteiger partial charge in [-0.3, -0.25) is 4.79 Å². The molecule has 2 heterocycles. The number of nitrogens with one attached hydrogen (secondary N) is 3. The molecule has 0 radical (unpaired) electrons. The summed E-state index contributed by atoms with van der Waals surface area (Å²) in [6.07, 6.45) is 1.95. The van der Waals surface area contributed by atoms with Crippen LogP contribution in [0.25, 0.3) is 0 Å². The molecule has 0 spiro atoms. The van der Waals surface area contributed by atoms with E-state index in [0.717, 1.165) is 0 Å². The largest absolute Gasteiger partial charge is 0.334 e.